The largest absolute Gasteiger partial charge is 0.484 e. The first kappa shape index (κ1) is 19.4. The van der Waals surface area contributed by atoms with Crippen molar-refractivity contribution in [2.24, 2.45) is 0 Å². The number of rotatable bonds is 5. The molecule has 12 heteroatoms. The molecule has 1 heterocycles. The lowest BCUT2D eigenvalue weighted by molar-refractivity contribution is -0.137. The summed E-state index contributed by atoms with van der Waals surface area (Å²) in [6, 6.07) is 8.75. The fourth-order valence-corrected chi connectivity index (χ4v) is 2.42. The molecule has 0 saturated heterocycles. The number of tetrazole rings is 1. The van der Waals surface area contributed by atoms with E-state index in [1.54, 1.807) is 0 Å². The van der Waals surface area contributed by atoms with Gasteiger partial charge in [-0.25, -0.2) is 0 Å². The number of halogens is 4. The molecular weight excluding hydrogens is 403 g/mol. The topological polar surface area (TPSA) is 102 Å². The van der Waals surface area contributed by atoms with E-state index in [0.29, 0.717) is 11.4 Å². The third kappa shape index (κ3) is 4.49. The molecule has 2 aromatic carbocycles. The maximum absolute atomic E-state index is 12.8. The van der Waals surface area contributed by atoms with E-state index in [2.05, 4.69) is 20.8 Å². The number of carbonyl (C=O) groups is 1. The van der Waals surface area contributed by atoms with Crippen LogP contribution in [-0.2, 0) is 11.0 Å². The van der Waals surface area contributed by atoms with Gasteiger partial charge in [-0.15, -0.1) is 0 Å². The second kappa shape index (κ2) is 7.72. The monoisotopic (exact) mass is 413 g/mol. The van der Waals surface area contributed by atoms with Crippen LogP contribution in [0.2, 0.25) is 5.02 Å². The number of hydrogen-bond donors (Lipinski definition) is 2. The fourth-order valence-electron chi connectivity index (χ4n) is 2.20. The van der Waals surface area contributed by atoms with Crippen LogP contribution in [0, 0.1) is 0 Å². The summed E-state index contributed by atoms with van der Waals surface area (Å²) in [5, 5.41) is 21.5. The Kier molecular flexibility index (Phi) is 5.36. The molecule has 0 atom stereocenters. The average molecular weight is 414 g/mol. The molecule has 146 valence electrons. The number of aromatic nitrogens is 4. The summed E-state index contributed by atoms with van der Waals surface area (Å²) in [5.74, 6) is -0.337. The van der Waals surface area contributed by atoms with Crippen molar-refractivity contribution in [1.82, 2.24) is 20.2 Å². The van der Waals surface area contributed by atoms with Crippen molar-refractivity contribution in [3.63, 3.8) is 0 Å². The summed E-state index contributed by atoms with van der Waals surface area (Å²) in [6.45, 7) is -0.431. The molecule has 0 fully saturated rings. The molecule has 1 aromatic heterocycles. The second-order valence-corrected chi connectivity index (χ2v) is 5.82. The molecule has 0 spiro atoms. The van der Waals surface area contributed by atoms with E-state index in [-0.39, 0.29) is 5.69 Å². The molecule has 0 saturated carbocycles. The van der Waals surface area contributed by atoms with Gasteiger partial charge in [0, 0.05) is 5.69 Å². The highest BCUT2D eigenvalue weighted by Gasteiger charge is 2.33. The Hall–Kier alpha value is -3.34. The number of hydrogen-bond acceptors (Lipinski definition) is 6. The minimum atomic E-state index is -4.63. The van der Waals surface area contributed by atoms with Gasteiger partial charge in [0.15, 0.2) is 6.61 Å². The highest BCUT2D eigenvalue weighted by Crippen LogP contribution is 2.36. The van der Waals surface area contributed by atoms with Gasteiger partial charge in [0.25, 0.3) is 5.91 Å². The molecular formula is C16H11ClF3N5O3. The summed E-state index contributed by atoms with van der Waals surface area (Å²) in [5.41, 5.74) is -0.649. The maximum atomic E-state index is 12.8. The van der Waals surface area contributed by atoms with E-state index in [9.17, 15) is 23.1 Å². The molecule has 0 bridgehead atoms. The van der Waals surface area contributed by atoms with Crippen LogP contribution in [-0.4, -0.2) is 37.8 Å². The standard InChI is InChI=1S/C16H11ClF3N5O3/c17-13-6-1-9(7-12(13)16(18,19)20)21-14(26)8-28-11-4-2-10(3-5-11)25-15(27)22-23-24-25/h1-7H,8H2,(H,21,26)(H,22,24,27). The third-order valence-electron chi connectivity index (χ3n) is 3.46. The zero-order valence-electron chi connectivity index (χ0n) is 13.8. The number of nitrogens with zero attached hydrogens (tertiary/aromatic N) is 4. The Morgan fingerprint density at radius 1 is 1.21 bits per heavy atom. The first-order valence-electron chi connectivity index (χ1n) is 7.61. The van der Waals surface area contributed by atoms with Gasteiger partial charge in [0.1, 0.15) is 5.75 Å². The lowest BCUT2D eigenvalue weighted by Crippen LogP contribution is -2.20. The molecule has 3 aromatic rings. The van der Waals surface area contributed by atoms with Crippen molar-refractivity contribution >= 4 is 23.2 Å². The first-order valence-corrected chi connectivity index (χ1v) is 7.99. The smallest absolute Gasteiger partial charge is 0.417 e. The van der Waals surface area contributed by atoms with Crippen LogP contribution in [0.4, 0.5) is 18.9 Å². The van der Waals surface area contributed by atoms with Crippen LogP contribution in [0.15, 0.2) is 42.5 Å². The van der Waals surface area contributed by atoms with Crippen LogP contribution in [0.1, 0.15) is 5.56 Å². The normalized spacial score (nSPS) is 11.3. The lowest BCUT2D eigenvalue weighted by Gasteiger charge is -2.12. The van der Waals surface area contributed by atoms with E-state index in [4.69, 9.17) is 16.3 Å². The van der Waals surface area contributed by atoms with Crippen molar-refractivity contribution in [1.29, 1.82) is 0 Å². The Bertz CT molecular complexity index is 992. The van der Waals surface area contributed by atoms with Gasteiger partial charge >= 0.3 is 12.2 Å². The van der Waals surface area contributed by atoms with Crippen molar-refractivity contribution < 1.29 is 27.8 Å². The van der Waals surface area contributed by atoms with Crippen LogP contribution >= 0.6 is 11.6 Å². The molecule has 0 unspecified atom stereocenters. The van der Waals surface area contributed by atoms with E-state index in [1.165, 1.54) is 30.3 Å². The summed E-state index contributed by atoms with van der Waals surface area (Å²) in [4.78, 5) is 11.9. The number of ether oxygens (including phenoxy) is 1. The van der Waals surface area contributed by atoms with Gasteiger partial charge in [-0.2, -0.15) is 17.9 Å². The molecule has 28 heavy (non-hydrogen) atoms. The van der Waals surface area contributed by atoms with Gasteiger partial charge in [-0.3, -0.25) is 4.79 Å². The summed E-state index contributed by atoms with van der Waals surface area (Å²) in [7, 11) is 0. The Morgan fingerprint density at radius 3 is 2.54 bits per heavy atom. The molecule has 0 aliphatic heterocycles. The average Bonchev–Trinajstić information content (AvgIpc) is 3.07. The molecule has 1 amide bonds. The molecule has 8 nitrogen and oxygen atoms in total. The number of carbonyl (C=O) groups excluding carboxylic acids is 1. The number of benzene rings is 2. The van der Waals surface area contributed by atoms with E-state index < -0.39 is 35.3 Å². The maximum Gasteiger partial charge on any atom is 0.417 e. The Morgan fingerprint density at radius 2 is 1.93 bits per heavy atom. The number of aromatic hydroxyl groups is 1. The highest BCUT2D eigenvalue weighted by atomic mass is 35.5. The van der Waals surface area contributed by atoms with Crippen LogP contribution in [0.3, 0.4) is 0 Å². The quantitative estimate of drug-likeness (QED) is 0.666. The molecule has 3 rings (SSSR count). The molecule has 0 radical (unpaired) electrons. The summed E-state index contributed by atoms with van der Waals surface area (Å²) >= 11 is 5.53. The predicted octanol–water partition coefficient (Wildman–Crippen LogP) is 3.06. The van der Waals surface area contributed by atoms with Gasteiger partial charge in [-0.1, -0.05) is 16.7 Å². The third-order valence-corrected chi connectivity index (χ3v) is 3.79. The molecule has 2 N–H and O–H groups in total. The van der Waals surface area contributed by atoms with Crippen molar-refractivity contribution in [3.05, 3.63) is 53.1 Å². The number of amides is 1. The van der Waals surface area contributed by atoms with Crippen LogP contribution in [0.5, 0.6) is 11.8 Å². The van der Waals surface area contributed by atoms with Crippen molar-refractivity contribution in [2.45, 2.75) is 6.18 Å². The van der Waals surface area contributed by atoms with E-state index in [1.807, 2.05) is 0 Å². The SMILES string of the molecule is O=C(COc1ccc(-n2nnnc2O)cc1)Nc1ccc(Cl)c(C(F)(F)F)c1. The second-order valence-electron chi connectivity index (χ2n) is 5.41. The van der Waals surface area contributed by atoms with Gasteiger partial charge in [0.2, 0.25) is 0 Å². The van der Waals surface area contributed by atoms with Crippen LogP contribution < -0.4 is 10.1 Å². The number of nitrogens with one attached hydrogen (secondary N) is 1. The lowest BCUT2D eigenvalue weighted by atomic mass is 10.2. The van der Waals surface area contributed by atoms with Crippen LogP contribution in [0.25, 0.3) is 5.69 Å². The van der Waals surface area contributed by atoms with Gasteiger partial charge in [-0.05, 0) is 52.9 Å². The Labute approximate surface area is 160 Å². The van der Waals surface area contributed by atoms with E-state index >= 15 is 0 Å². The minimum absolute atomic E-state index is 0.0603. The zero-order chi connectivity index (χ0) is 20.3. The fraction of sp³-hybridized carbons (Fsp3) is 0.125. The first-order chi connectivity index (χ1) is 13.2. The summed E-state index contributed by atoms with van der Waals surface area (Å²) in [6.07, 6.45) is -4.63. The van der Waals surface area contributed by atoms with Crippen molar-refractivity contribution in [2.75, 3.05) is 11.9 Å². The number of anilines is 1. The van der Waals surface area contributed by atoms with Gasteiger partial charge in [0.05, 0.1) is 16.3 Å². The number of alkyl halides is 3. The van der Waals surface area contributed by atoms with Gasteiger partial charge < -0.3 is 15.2 Å². The molecule has 0 aliphatic carbocycles. The minimum Gasteiger partial charge on any atom is -0.484 e. The molecule has 0 aliphatic rings. The predicted molar refractivity (Wildman–Crippen MR) is 91.4 cm³/mol. The summed E-state index contributed by atoms with van der Waals surface area (Å²) < 4.78 is 44.9. The zero-order valence-corrected chi connectivity index (χ0v) is 14.6. The van der Waals surface area contributed by atoms with E-state index in [0.717, 1.165) is 16.8 Å². The highest BCUT2D eigenvalue weighted by molar-refractivity contribution is 6.31. The Balaban J connectivity index is 1.60. The van der Waals surface area contributed by atoms with Crippen molar-refractivity contribution in [3.8, 4) is 17.4 Å².